The molecule has 6 heteroatoms. The van der Waals surface area contributed by atoms with Crippen LogP contribution in [0.4, 0.5) is 0 Å². The molecule has 0 saturated heterocycles. The van der Waals surface area contributed by atoms with Crippen molar-refractivity contribution in [3.8, 4) is 0 Å². The molecule has 0 radical (unpaired) electrons. The molecule has 2 aromatic rings. The Morgan fingerprint density at radius 3 is 2.38 bits per heavy atom. The number of nitrogens with zero attached hydrogens (tertiary/aromatic N) is 2. The molecule has 1 aromatic carbocycles. The van der Waals surface area contributed by atoms with Gasteiger partial charge in [0.15, 0.2) is 0 Å². The zero-order chi connectivity index (χ0) is 19.1. The third-order valence-corrected chi connectivity index (χ3v) is 4.09. The molecule has 0 aliphatic carbocycles. The lowest BCUT2D eigenvalue weighted by Crippen LogP contribution is -2.32. The SMILES string of the molecule is CC(=O)NCCNC(=O)/C=C/c1c(C)nn(Cc2ccc(C)cc2)c1C. The van der Waals surface area contributed by atoms with Crippen molar-refractivity contribution in [3.63, 3.8) is 0 Å². The summed E-state index contributed by atoms with van der Waals surface area (Å²) in [5, 5.41) is 9.95. The number of hydrogen-bond acceptors (Lipinski definition) is 3. The van der Waals surface area contributed by atoms with Gasteiger partial charge in [-0.1, -0.05) is 29.8 Å². The van der Waals surface area contributed by atoms with Gasteiger partial charge in [0.25, 0.3) is 0 Å². The van der Waals surface area contributed by atoms with E-state index in [1.807, 2.05) is 18.5 Å². The third-order valence-electron chi connectivity index (χ3n) is 4.09. The fourth-order valence-corrected chi connectivity index (χ4v) is 2.61. The Morgan fingerprint density at radius 1 is 1.08 bits per heavy atom. The Morgan fingerprint density at radius 2 is 1.73 bits per heavy atom. The maximum atomic E-state index is 11.9. The molecule has 2 rings (SSSR count). The first kappa shape index (κ1) is 19.4. The second-order valence-corrected chi connectivity index (χ2v) is 6.34. The number of carbonyl (C=O) groups excluding carboxylic acids is 2. The minimum absolute atomic E-state index is 0.109. The highest BCUT2D eigenvalue weighted by Crippen LogP contribution is 2.16. The molecule has 0 aliphatic heterocycles. The number of aryl methyl sites for hydroxylation is 2. The van der Waals surface area contributed by atoms with Crippen molar-refractivity contribution in [2.45, 2.75) is 34.2 Å². The molecule has 2 N–H and O–H groups in total. The smallest absolute Gasteiger partial charge is 0.244 e. The zero-order valence-electron chi connectivity index (χ0n) is 15.8. The van der Waals surface area contributed by atoms with Gasteiger partial charge in [-0.15, -0.1) is 0 Å². The molecular formula is C20H26N4O2. The van der Waals surface area contributed by atoms with Crippen molar-refractivity contribution in [2.24, 2.45) is 0 Å². The highest BCUT2D eigenvalue weighted by molar-refractivity contribution is 5.92. The standard InChI is InChI=1S/C20H26N4O2/c1-14-5-7-18(8-6-14)13-24-16(3)19(15(2)23-24)9-10-20(26)22-12-11-21-17(4)25/h5-10H,11-13H2,1-4H3,(H,21,25)(H,22,26)/b10-9+. The second kappa shape index (κ2) is 8.99. The highest BCUT2D eigenvalue weighted by atomic mass is 16.2. The van der Waals surface area contributed by atoms with Crippen LogP contribution in [0.1, 0.15) is 35.0 Å². The van der Waals surface area contributed by atoms with E-state index in [0.717, 1.165) is 17.0 Å². The summed E-state index contributed by atoms with van der Waals surface area (Å²) >= 11 is 0. The predicted octanol–water partition coefficient (Wildman–Crippen LogP) is 2.12. The number of hydrogen-bond donors (Lipinski definition) is 2. The summed E-state index contributed by atoms with van der Waals surface area (Å²) in [4.78, 5) is 22.7. The Hall–Kier alpha value is -2.89. The molecular weight excluding hydrogens is 328 g/mol. The lowest BCUT2D eigenvalue weighted by Gasteiger charge is -2.05. The molecule has 0 aliphatic rings. The van der Waals surface area contributed by atoms with Crippen molar-refractivity contribution in [2.75, 3.05) is 13.1 Å². The van der Waals surface area contributed by atoms with E-state index in [-0.39, 0.29) is 11.8 Å². The molecule has 1 heterocycles. The number of nitrogens with one attached hydrogen (secondary N) is 2. The lowest BCUT2D eigenvalue weighted by molar-refractivity contribution is -0.119. The van der Waals surface area contributed by atoms with Gasteiger partial charge in [-0.2, -0.15) is 5.10 Å². The van der Waals surface area contributed by atoms with E-state index in [0.29, 0.717) is 19.6 Å². The van der Waals surface area contributed by atoms with Crippen LogP contribution in [0.15, 0.2) is 30.3 Å². The van der Waals surface area contributed by atoms with Crippen molar-refractivity contribution in [1.82, 2.24) is 20.4 Å². The van der Waals surface area contributed by atoms with Crippen LogP contribution in [-0.2, 0) is 16.1 Å². The first-order valence-electron chi connectivity index (χ1n) is 8.66. The van der Waals surface area contributed by atoms with Crippen LogP contribution in [0, 0.1) is 20.8 Å². The van der Waals surface area contributed by atoms with Gasteiger partial charge in [-0.05, 0) is 32.4 Å². The number of amides is 2. The molecule has 0 fully saturated rings. The van der Waals surface area contributed by atoms with Gasteiger partial charge in [0, 0.05) is 37.3 Å². The predicted molar refractivity (Wildman–Crippen MR) is 103 cm³/mol. The Balaban J connectivity index is 1.99. The van der Waals surface area contributed by atoms with E-state index in [1.54, 1.807) is 6.08 Å². The summed E-state index contributed by atoms with van der Waals surface area (Å²) < 4.78 is 1.95. The topological polar surface area (TPSA) is 76.0 Å². The van der Waals surface area contributed by atoms with E-state index in [4.69, 9.17) is 0 Å². The average Bonchev–Trinajstić information content (AvgIpc) is 2.85. The van der Waals surface area contributed by atoms with Gasteiger partial charge in [0.2, 0.25) is 11.8 Å². The van der Waals surface area contributed by atoms with Crippen LogP contribution in [0.2, 0.25) is 0 Å². The van der Waals surface area contributed by atoms with Crippen molar-refractivity contribution < 1.29 is 9.59 Å². The molecule has 0 spiro atoms. The summed E-state index contributed by atoms with van der Waals surface area (Å²) in [6.45, 7) is 8.97. The van der Waals surface area contributed by atoms with E-state index in [1.165, 1.54) is 24.1 Å². The van der Waals surface area contributed by atoms with E-state index in [2.05, 4.69) is 46.9 Å². The fourth-order valence-electron chi connectivity index (χ4n) is 2.61. The lowest BCUT2D eigenvalue weighted by atomic mass is 10.1. The first-order chi connectivity index (χ1) is 12.4. The fraction of sp³-hybridized carbons (Fsp3) is 0.350. The summed E-state index contributed by atoms with van der Waals surface area (Å²) in [5.74, 6) is -0.303. The van der Waals surface area contributed by atoms with Gasteiger partial charge in [0.05, 0.1) is 12.2 Å². The molecule has 0 unspecified atom stereocenters. The second-order valence-electron chi connectivity index (χ2n) is 6.34. The molecule has 0 bridgehead atoms. The third kappa shape index (κ3) is 5.58. The van der Waals surface area contributed by atoms with Crippen LogP contribution in [-0.4, -0.2) is 34.7 Å². The first-order valence-corrected chi connectivity index (χ1v) is 8.66. The number of rotatable bonds is 7. The van der Waals surface area contributed by atoms with Crippen molar-refractivity contribution >= 4 is 17.9 Å². The molecule has 26 heavy (non-hydrogen) atoms. The molecule has 6 nitrogen and oxygen atoms in total. The molecule has 1 aromatic heterocycles. The Labute approximate surface area is 154 Å². The van der Waals surface area contributed by atoms with E-state index >= 15 is 0 Å². The Bertz CT molecular complexity index is 804. The van der Waals surface area contributed by atoms with Crippen LogP contribution >= 0.6 is 0 Å². The van der Waals surface area contributed by atoms with Gasteiger partial charge in [-0.3, -0.25) is 14.3 Å². The summed E-state index contributed by atoms with van der Waals surface area (Å²) in [5.41, 5.74) is 5.28. The maximum absolute atomic E-state index is 11.9. The molecule has 0 saturated carbocycles. The quantitative estimate of drug-likeness (QED) is 0.591. The minimum atomic E-state index is -0.194. The molecule has 0 atom stereocenters. The summed E-state index contributed by atoms with van der Waals surface area (Å²) in [6.07, 6.45) is 3.29. The van der Waals surface area contributed by atoms with Gasteiger partial charge in [-0.25, -0.2) is 0 Å². The molecule has 2 amide bonds. The number of aromatic nitrogens is 2. The van der Waals surface area contributed by atoms with Crippen LogP contribution < -0.4 is 10.6 Å². The van der Waals surface area contributed by atoms with Gasteiger partial charge >= 0.3 is 0 Å². The number of benzene rings is 1. The van der Waals surface area contributed by atoms with Gasteiger partial charge < -0.3 is 10.6 Å². The average molecular weight is 354 g/mol. The van der Waals surface area contributed by atoms with Crippen LogP contribution in [0.3, 0.4) is 0 Å². The van der Waals surface area contributed by atoms with E-state index < -0.39 is 0 Å². The maximum Gasteiger partial charge on any atom is 0.244 e. The van der Waals surface area contributed by atoms with E-state index in [9.17, 15) is 9.59 Å². The largest absolute Gasteiger partial charge is 0.355 e. The van der Waals surface area contributed by atoms with Crippen LogP contribution in [0.25, 0.3) is 6.08 Å². The zero-order valence-corrected chi connectivity index (χ0v) is 15.8. The number of carbonyl (C=O) groups is 2. The van der Waals surface area contributed by atoms with Crippen LogP contribution in [0.5, 0.6) is 0 Å². The normalized spacial score (nSPS) is 10.9. The minimum Gasteiger partial charge on any atom is -0.355 e. The van der Waals surface area contributed by atoms with Crippen molar-refractivity contribution in [1.29, 1.82) is 0 Å². The molecule has 138 valence electrons. The highest BCUT2D eigenvalue weighted by Gasteiger charge is 2.10. The van der Waals surface area contributed by atoms with Gasteiger partial charge in [0.1, 0.15) is 0 Å². The summed E-state index contributed by atoms with van der Waals surface area (Å²) in [6, 6.07) is 8.38. The monoisotopic (exact) mass is 354 g/mol. The van der Waals surface area contributed by atoms with Crippen molar-refractivity contribution in [3.05, 3.63) is 58.4 Å². The summed E-state index contributed by atoms with van der Waals surface area (Å²) in [7, 11) is 0. The Kier molecular flexibility index (Phi) is 6.72.